The highest BCUT2D eigenvalue weighted by atomic mass is 32.2. The first-order chi connectivity index (χ1) is 21.3. The molecule has 0 radical (unpaired) electrons. The maximum absolute atomic E-state index is 2.43. The van der Waals surface area contributed by atoms with Gasteiger partial charge in [-0.05, 0) is 89.6 Å². The van der Waals surface area contributed by atoms with Gasteiger partial charge in [0.1, 0.15) is 0 Å². The second kappa shape index (κ2) is 9.73. The molecule has 0 saturated carbocycles. The Hall–Kier alpha value is -5.11. The summed E-state index contributed by atoms with van der Waals surface area (Å²) in [4.78, 5) is 2.66. The molecule has 0 atom stereocenters. The van der Waals surface area contributed by atoms with Crippen LogP contribution in [-0.4, -0.2) is 0 Å². The monoisotopic (exact) mass is 562 g/mol. The molecular formula is C42H26S. The molecule has 9 rings (SSSR count). The predicted octanol–water partition coefficient (Wildman–Crippen LogP) is 12.3. The van der Waals surface area contributed by atoms with Crippen LogP contribution in [0.3, 0.4) is 0 Å². The first kappa shape index (κ1) is 24.5. The minimum Gasteiger partial charge on any atom is -0.0888 e. The van der Waals surface area contributed by atoms with E-state index in [4.69, 9.17) is 0 Å². The van der Waals surface area contributed by atoms with Crippen molar-refractivity contribution in [1.82, 2.24) is 0 Å². The quantitative estimate of drug-likeness (QED) is 0.193. The molecule has 1 heterocycles. The van der Waals surface area contributed by atoms with E-state index < -0.39 is 0 Å². The molecule has 0 aliphatic carbocycles. The summed E-state index contributed by atoms with van der Waals surface area (Å²) >= 11 is 1.89. The first-order valence-electron chi connectivity index (χ1n) is 14.8. The van der Waals surface area contributed by atoms with Crippen molar-refractivity contribution < 1.29 is 0 Å². The summed E-state index contributed by atoms with van der Waals surface area (Å²) in [6.45, 7) is 0. The minimum absolute atomic E-state index is 1.23. The third kappa shape index (κ3) is 3.86. The van der Waals surface area contributed by atoms with Crippen LogP contribution in [0.15, 0.2) is 168 Å². The Balaban J connectivity index is 1.28. The van der Waals surface area contributed by atoms with Crippen molar-refractivity contribution in [3.63, 3.8) is 0 Å². The van der Waals surface area contributed by atoms with E-state index in [0.29, 0.717) is 0 Å². The number of hydrogen-bond acceptors (Lipinski definition) is 1. The summed E-state index contributed by atoms with van der Waals surface area (Å²) in [6.07, 6.45) is 0. The lowest BCUT2D eigenvalue weighted by molar-refractivity contribution is 1.40. The molecular weight excluding hydrogens is 537 g/mol. The van der Waals surface area contributed by atoms with Gasteiger partial charge in [0.05, 0.1) is 0 Å². The SMILES string of the molecule is c1ccc(-c2ccc(-c3c4ccccc4c(-c4ccc5c(c4)-c4cccc6cccc(c46)S5)c4ccccc34)cc2)cc1. The van der Waals surface area contributed by atoms with Gasteiger partial charge in [-0.15, -0.1) is 0 Å². The van der Waals surface area contributed by atoms with Gasteiger partial charge in [-0.1, -0.05) is 151 Å². The fourth-order valence-electron chi connectivity index (χ4n) is 6.93. The molecule has 0 spiro atoms. The van der Waals surface area contributed by atoms with E-state index >= 15 is 0 Å². The molecule has 8 aromatic carbocycles. The maximum Gasteiger partial charge on any atom is 0.0207 e. The highest BCUT2D eigenvalue weighted by Crippen LogP contribution is 2.50. The molecule has 0 aromatic heterocycles. The molecule has 0 nitrogen and oxygen atoms in total. The van der Waals surface area contributed by atoms with Crippen LogP contribution < -0.4 is 0 Å². The lowest BCUT2D eigenvalue weighted by Gasteiger charge is -2.22. The smallest absolute Gasteiger partial charge is 0.0207 e. The van der Waals surface area contributed by atoms with Gasteiger partial charge >= 0.3 is 0 Å². The molecule has 200 valence electrons. The molecule has 8 aromatic rings. The van der Waals surface area contributed by atoms with E-state index in [0.717, 1.165) is 0 Å². The number of fused-ring (bicyclic) bond motifs is 4. The first-order valence-corrected chi connectivity index (χ1v) is 15.6. The van der Waals surface area contributed by atoms with E-state index in [2.05, 4.69) is 158 Å². The highest BCUT2D eigenvalue weighted by Gasteiger charge is 2.21. The number of hydrogen-bond donors (Lipinski definition) is 0. The Kier molecular flexibility index (Phi) is 5.54. The molecule has 1 heteroatoms. The summed E-state index contributed by atoms with van der Waals surface area (Å²) in [7, 11) is 0. The van der Waals surface area contributed by atoms with Gasteiger partial charge < -0.3 is 0 Å². The van der Waals surface area contributed by atoms with Gasteiger partial charge in [0.15, 0.2) is 0 Å². The van der Waals surface area contributed by atoms with E-state index in [1.54, 1.807) is 0 Å². The second-order valence-corrected chi connectivity index (χ2v) is 12.3. The van der Waals surface area contributed by atoms with Gasteiger partial charge in [-0.3, -0.25) is 0 Å². The van der Waals surface area contributed by atoms with E-state index in [1.807, 2.05) is 11.8 Å². The van der Waals surface area contributed by atoms with Gasteiger partial charge in [-0.2, -0.15) is 0 Å². The Morgan fingerprint density at radius 1 is 0.326 bits per heavy atom. The van der Waals surface area contributed by atoms with E-state index in [9.17, 15) is 0 Å². The van der Waals surface area contributed by atoms with Crippen LogP contribution in [0.1, 0.15) is 0 Å². The second-order valence-electron chi connectivity index (χ2n) is 11.3. The third-order valence-electron chi connectivity index (χ3n) is 8.86. The summed E-state index contributed by atoms with van der Waals surface area (Å²) in [5.41, 5.74) is 10.2. The standard InChI is InChI=1S/C42H26S/c1-2-10-27(11-3-1)28-20-22-30(23-21-28)40-32-14-4-6-16-34(32)41(35-17-7-5-15-33(35)40)31-24-25-38-37(26-31)36-18-8-12-29-13-9-19-39(43-38)42(29)36/h1-26H. The Bertz CT molecular complexity index is 2290. The lowest BCUT2D eigenvalue weighted by atomic mass is 9.85. The van der Waals surface area contributed by atoms with Crippen LogP contribution in [0.5, 0.6) is 0 Å². The topological polar surface area (TPSA) is 0 Å². The Labute approximate surface area is 255 Å². The van der Waals surface area contributed by atoms with Crippen LogP contribution in [0.4, 0.5) is 0 Å². The van der Waals surface area contributed by atoms with Crippen molar-refractivity contribution in [1.29, 1.82) is 0 Å². The molecule has 0 bridgehead atoms. The normalized spacial score (nSPS) is 12.1. The van der Waals surface area contributed by atoms with Crippen molar-refractivity contribution in [2.45, 2.75) is 9.79 Å². The van der Waals surface area contributed by atoms with Gasteiger partial charge in [0.25, 0.3) is 0 Å². The summed E-state index contributed by atoms with van der Waals surface area (Å²) in [5.74, 6) is 0. The van der Waals surface area contributed by atoms with Crippen molar-refractivity contribution in [3.8, 4) is 44.5 Å². The molecule has 0 amide bonds. The zero-order chi connectivity index (χ0) is 28.3. The fourth-order valence-corrected chi connectivity index (χ4v) is 8.06. The minimum atomic E-state index is 1.23. The Morgan fingerprint density at radius 2 is 0.860 bits per heavy atom. The zero-order valence-corrected chi connectivity index (χ0v) is 24.2. The lowest BCUT2D eigenvalue weighted by Crippen LogP contribution is -1.95. The summed E-state index contributed by atoms with van der Waals surface area (Å²) in [6, 6.07) is 58.0. The molecule has 1 aliphatic rings. The average molecular weight is 563 g/mol. The average Bonchev–Trinajstić information content (AvgIpc) is 3.08. The van der Waals surface area contributed by atoms with Gasteiger partial charge in [0, 0.05) is 15.2 Å². The number of rotatable bonds is 3. The zero-order valence-electron chi connectivity index (χ0n) is 23.4. The van der Waals surface area contributed by atoms with Crippen LogP contribution in [0, 0.1) is 0 Å². The van der Waals surface area contributed by atoms with Crippen LogP contribution in [-0.2, 0) is 0 Å². The maximum atomic E-state index is 2.43. The van der Waals surface area contributed by atoms with Crippen molar-refractivity contribution >= 4 is 44.1 Å². The molecule has 0 saturated heterocycles. The van der Waals surface area contributed by atoms with Crippen molar-refractivity contribution in [3.05, 3.63) is 158 Å². The van der Waals surface area contributed by atoms with Gasteiger partial charge in [-0.25, -0.2) is 0 Å². The molecule has 0 unspecified atom stereocenters. The Morgan fingerprint density at radius 3 is 1.53 bits per heavy atom. The van der Waals surface area contributed by atoms with Crippen LogP contribution in [0.2, 0.25) is 0 Å². The van der Waals surface area contributed by atoms with Crippen molar-refractivity contribution in [2.24, 2.45) is 0 Å². The molecule has 0 fully saturated rings. The highest BCUT2D eigenvalue weighted by molar-refractivity contribution is 7.99. The molecule has 0 N–H and O–H groups in total. The fraction of sp³-hybridized carbons (Fsp3) is 0. The van der Waals surface area contributed by atoms with E-state index in [1.165, 1.54) is 86.6 Å². The third-order valence-corrected chi connectivity index (χ3v) is 9.99. The molecule has 43 heavy (non-hydrogen) atoms. The molecule has 1 aliphatic heterocycles. The summed E-state index contributed by atoms with van der Waals surface area (Å²) < 4.78 is 0. The van der Waals surface area contributed by atoms with E-state index in [-0.39, 0.29) is 0 Å². The predicted molar refractivity (Wildman–Crippen MR) is 185 cm³/mol. The van der Waals surface area contributed by atoms with Crippen molar-refractivity contribution in [2.75, 3.05) is 0 Å². The van der Waals surface area contributed by atoms with Crippen LogP contribution in [0.25, 0.3) is 76.8 Å². The van der Waals surface area contributed by atoms with Gasteiger partial charge in [0.2, 0.25) is 0 Å². The number of benzene rings is 8. The van der Waals surface area contributed by atoms with Crippen LogP contribution >= 0.6 is 11.8 Å². The summed E-state index contributed by atoms with van der Waals surface area (Å²) in [5, 5.41) is 7.79. The largest absolute Gasteiger partial charge is 0.0888 e.